The van der Waals surface area contributed by atoms with Crippen LogP contribution in [0.25, 0.3) is 28.3 Å². The fourth-order valence-corrected chi connectivity index (χ4v) is 4.12. The summed E-state index contributed by atoms with van der Waals surface area (Å²) in [6, 6.07) is 28.3. The molecule has 0 saturated carbocycles. The second-order valence-electron chi connectivity index (χ2n) is 8.64. The highest BCUT2D eigenvalue weighted by molar-refractivity contribution is 5.93. The minimum atomic E-state index is -0.467. The van der Waals surface area contributed by atoms with Gasteiger partial charge in [0.15, 0.2) is 5.76 Å². The van der Waals surface area contributed by atoms with Crippen LogP contribution in [0.2, 0.25) is 0 Å². The molecule has 2 heterocycles. The number of hydrogen-bond donors (Lipinski definition) is 1. The zero-order valence-electron chi connectivity index (χ0n) is 20.5. The van der Waals surface area contributed by atoms with E-state index < -0.39 is 5.97 Å². The molecule has 0 bridgehead atoms. The molecule has 2 aromatic heterocycles. The van der Waals surface area contributed by atoms with Crippen molar-refractivity contribution in [3.63, 3.8) is 0 Å². The highest BCUT2D eigenvalue weighted by Gasteiger charge is 2.26. The molecule has 0 aliphatic rings. The predicted octanol–water partition coefficient (Wildman–Crippen LogP) is 6.21. The minimum Gasteiger partial charge on any atom is -0.463 e. The molecular formula is C30H25N3O4. The number of anilines is 1. The summed E-state index contributed by atoms with van der Waals surface area (Å²) in [5, 5.41) is 7.72. The van der Waals surface area contributed by atoms with Crippen molar-refractivity contribution in [2.24, 2.45) is 0 Å². The summed E-state index contributed by atoms with van der Waals surface area (Å²) in [5.74, 6) is 0.245. The largest absolute Gasteiger partial charge is 0.463 e. The van der Waals surface area contributed by atoms with Crippen molar-refractivity contribution >= 4 is 17.6 Å². The van der Waals surface area contributed by atoms with E-state index in [0.717, 1.165) is 22.4 Å². The van der Waals surface area contributed by atoms with Gasteiger partial charge < -0.3 is 14.5 Å². The molecule has 184 valence electrons. The lowest BCUT2D eigenvalue weighted by atomic mass is 10.0. The van der Waals surface area contributed by atoms with Crippen LogP contribution in [-0.2, 0) is 16.0 Å². The van der Waals surface area contributed by atoms with Crippen LogP contribution in [0.15, 0.2) is 102 Å². The van der Waals surface area contributed by atoms with Crippen LogP contribution < -0.4 is 10.1 Å². The summed E-state index contributed by atoms with van der Waals surface area (Å²) in [6.45, 7) is 3.34. The van der Waals surface area contributed by atoms with Crippen LogP contribution in [0.1, 0.15) is 18.1 Å². The van der Waals surface area contributed by atoms with Gasteiger partial charge in [-0.3, -0.25) is 9.59 Å². The second kappa shape index (κ2) is 10.4. The SMILES string of the molecule is CC(=O)Oc1c(-c2ccc(NC(=O)Cc3ccccc3)cc2)c(-c2ccco2)nn1-c1cccc(C)c1. The van der Waals surface area contributed by atoms with E-state index in [9.17, 15) is 9.59 Å². The van der Waals surface area contributed by atoms with Gasteiger partial charge in [0.05, 0.1) is 23.9 Å². The van der Waals surface area contributed by atoms with E-state index in [2.05, 4.69) is 5.32 Å². The number of esters is 1. The van der Waals surface area contributed by atoms with Crippen molar-refractivity contribution in [2.45, 2.75) is 20.3 Å². The lowest BCUT2D eigenvalue weighted by molar-refractivity contribution is -0.132. The van der Waals surface area contributed by atoms with Crippen molar-refractivity contribution in [1.29, 1.82) is 0 Å². The first-order valence-electron chi connectivity index (χ1n) is 11.8. The first-order chi connectivity index (χ1) is 18.0. The Morgan fingerprint density at radius 2 is 1.73 bits per heavy atom. The Labute approximate surface area is 214 Å². The number of rotatable bonds is 7. The predicted molar refractivity (Wildman–Crippen MR) is 142 cm³/mol. The molecule has 0 aliphatic carbocycles. The summed E-state index contributed by atoms with van der Waals surface area (Å²) < 4.78 is 13.0. The quantitative estimate of drug-likeness (QED) is 0.273. The third-order valence-corrected chi connectivity index (χ3v) is 5.75. The lowest BCUT2D eigenvalue weighted by Crippen LogP contribution is -2.14. The van der Waals surface area contributed by atoms with Gasteiger partial charge in [0.25, 0.3) is 0 Å². The maximum atomic E-state index is 12.5. The summed E-state index contributed by atoms with van der Waals surface area (Å²) >= 11 is 0. The number of furan rings is 1. The zero-order chi connectivity index (χ0) is 25.8. The molecule has 7 nitrogen and oxygen atoms in total. The zero-order valence-corrected chi connectivity index (χ0v) is 20.5. The molecule has 3 aromatic carbocycles. The Hall–Kier alpha value is -4.91. The molecular weight excluding hydrogens is 466 g/mol. The topological polar surface area (TPSA) is 86.4 Å². The van der Waals surface area contributed by atoms with Crippen molar-refractivity contribution in [3.05, 3.63) is 108 Å². The third kappa shape index (κ3) is 5.36. The van der Waals surface area contributed by atoms with Gasteiger partial charge in [-0.25, -0.2) is 0 Å². The van der Waals surface area contributed by atoms with Gasteiger partial charge in [0.1, 0.15) is 5.69 Å². The standard InChI is InChI=1S/C30H25N3O4/c1-20-8-6-11-25(18-20)33-30(37-21(2)34)28(29(32-33)26-12-7-17-36-26)23-13-15-24(16-14-23)31-27(35)19-22-9-4-3-5-10-22/h3-18H,19H2,1-2H3,(H,31,35). The Morgan fingerprint density at radius 3 is 2.41 bits per heavy atom. The summed E-state index contributed by atoms with van der Waals surface area (Å²) in [6.07, 6.45) is 1.85. The monoisotopic (exact) mass is 491 g/mol. The van der Waals surface area contributed by atoms with E-state index in [-0.39, 0.29) is 18.2 Å². The smallest absolute Gasteiger partial charge is 0.309 e. The maximum Gasteiger partial charge on any atom is 0.309 e. The molecule has 1 N–H and O–H groups in total. The van der Waals surface area contributed by atoms with Crippen LogP contribution >= 0.6 is 0 Å². The molecule has 0 spiro atoms. The Bertz CT molecular complexity index is 1540. The van der Waals surface area contributed by atoms with Crippen LogP contribution in [-0.4, -0.2) is 21.7 Å². The highest BCUT2D eigenvalue weighted by atomic mass is 16.5. The summed E-state index contributed by atoms with van der Waals surface area (Å²) in [5.41, 5.74) is 5.28. The molecule has 37 heavy (non-hydrogen) atoms. The number of aryl methyl sites for hydroxylation is 1. The fraction of sp³-hybridized carbons (Fsp3) is 0.100. The molecule has 0 saturated heterocycles. The number of nitrogens with zero attached hydrogens (tertiary/aromatic N) is 2. The van der Waals surface area contributed by atoms with Gasteiger partial charge in [-0.1, -0.05) is 54.6 Å². The number of amides is 1. The highest BCUT2D eigenvalue weighted by Crippen LogP contribution is 2.41. The number of aromatic nitrogens is 2. The molecule has 0 fully saturated rings. The minimum absolute atomic E-state index is 0.108. The molecule has 0 radical (unpaired) electrons. The number of ether oxygens (including phenoxy) is 1. The average molecular weight is 492 g/mol. The first-order valence-corrected chi connectivity index (χ1v) is 11.8. The molecule has 7 heteroatoms. The summed E-state index contributed by atoms with van der Waals surface area (Å²) in [7, 11) is 0. The van der Waals surface area contributed by atoms with Crippen LogP contribution in [0.5, 0.6) is 5.88 Å². The van der Waals surface area contributed by atoms with E-state index in [1.165, 1.54) is 6.92 Å². The van der Waals surface area contributed by atoms with E-state index in [4.69, 9.17) is 14.3 Å². The molecule has 0 unspecified atom stereocenters. The fourth-order valence-electron chi connectivity index (χ4n) is 4.12. The van der Waals surface area contributed by atoms with E-state index in [1.807, 2.05) is 91.9 Å². The number of benzene rings is 3. The van der Waals surface area contributed by atoms with Crippen molar-refractivity contribution < 1.29 is 18.7 Å². The van der Waals surface area contributed by atoms with Crippen molar-refractivity contribution in [2.75, 3.05) is 5.32 Å². The Kier molecular flexibility index (Phi) is 6.68. The van der Waals surface area contributed by atoms with Gasteiger partial charge in [-0.2, -0.15) is 9.78 Å². The average Bonchev–Trinajstić information content (AvgIpc) is 3.53. The van der Waals surface area contributed by atoms with Crippen LogP contribution in [0.4, 0.5) is 5.69 Å². The number of nitrogens with one attached hydrogen (secondary N) is 1. The Morgan fingerprint density at radius 1 is 0.946 bits per heavy atom. The van der Waals surface area contributed by atoms with E-state index in [1.54, 1.807) is 17.0 Å². The van der Waals surface area contributed by atoms with E-state index in [0.29, 0.717) is 22.7 Å². The Balaban J connectivity index is 1.54. The summed E-state index contributed by atoms with van der Waals surface area (Å²) in [4.78, 5) is 24.6. The molecule has 5 rings (SSSR count). The number of carbonyl (C=O) groups excluding carboxylic acids is 2. The molecule has 0 atom stereocenters. The third-order valence-electron chi connectivity index (χ3n) is 5.75. The van der Waals surface area contributed by atoms with Gasteiger partial charge in [-0.15, -0.1) is 0 Å². The molecule has 5 aromatic rings. The second-order valence-corrected chi connectivity index (χ2v) is 8.64. The lowest BCUT2D eigenvalue weighted by Gasteiger charge is -2.10. The number of carbonyl (C=O) groups is 2. The molecule has 0 aliphatic heterocycles. The van der Waals surface area contributed by atoms with Crippen molar-refractivity contribution in [3.8, 4) is 34.1 Å². The first kappa shape index (κ1) is 23.8. The van der Waals surface area contributed by atoms with E-state index >= 15 is 0 Å². The van der Waals surface area contributed by atoms with Crippen LogP contribution in [0, 0.1) is 6.92 Å². The maximum absolute atomic E-state index is 12.5. The van der Waals surface area contributed by atoms with Gasteiger partial charge in [0.2, 0.25) is 11.8 Å². The van der Waals surface area contributed by atoms with Gasteiger partial charge >= 0.3 is 5.97 Å². The molecule has 1 amide bonds. The van der Waals surface area contributed by atoms with Gasteiger partial charge in [-0.05, 0) is 60.0 Å². The van der Waals surface area contributed by atoms with Crippen molar-refractivity contribution in [1.82, 2.24) is 9.78 Å². The normalized spacial score (nSPS) is 10.8. The number of hydrogen-bond acceptors (Lipinski definition) is 5. The van der Waals surface area contributed by atoms with Gasteiger partial charge in [0, 0.05) is 12.6 Å². The van der Waals surface area contributed by atoms with Crippen LogP contribution in [0.3, 0.4) is 0 Å².